The van der Waals surface area contributed by atoms with E-state index in [9.17, 15) is 0 Å². The molecule has 0 spiro atoms. The molecule has 1 fully saturated rings. The smallest absolute Gasteiger partial charge is 0.123 e. The van der Waals surface area contributed by atoms with Crippen LogP contribution in [0, 0.1) is 0 Å². The van der Waals surface area contributed by atoms with E-state index in [1.807, 2.05) is 23.9 Å². The summed E-state index contributed by atoms with van der Waals surface area (Å²) in [6.07, 6.45) is 2.22. The van der Waals surface area contributed by atoms with Gasteiger partial charge in [-0.25, -0.2) is 0 Å². The third-order valence-corrected chi connectivity index (χ3v) is 5.03. The molecule has 0 aliphatic carbocycles. The van der Waals surface area contributed by atoms with Crippen molar-refractivity contribution in [3.63, 3.8) is 0 Å². The second kappa shape index (κ2) is 7.91. The number of thioether (sulfide) groups is 1. The maximum Gasteiger partial charge on any atom is 0.123 e. The predicted octanol–water partition coefficient (Wildman–Crippen LogP) is 2.91. The number of methoxy groups -OCH3 is 1. The molecule has 0 bridgehead atoms. The lowest BCUT2D eigenvalue weighted by molar-refractivity contribution is 0.178. The molecule has 2 N–H and O–H groups in total. The minimum absolute atomic E-state index is 0.148. The Hall–Kier alpha value is -0.710. The van der Waals surface area contributed by atoms with Gasteiger partial charge in [0, 0.05) is 23.9 Å². The summed E-state index contributed by atoms with van der Waals surface area (Å²) in [6.45, 7) is 4.41. The summed E-state index contributed by atoms with van der Waals surface area (Å²) in [5.74, 6) is 3.41. The van der Waals surface area contributed by atoms with Gasteiger partial charge in [0.15, 0.2) is 0 Å². The second-order valence-electron chi connectivity index (χ2n) is 5.26. The van der Waals surface area contributed by atoms with E-state index < -0.39 is 0 Å². The van der Waals surface area contributed by atoms with Gasteiger partial charge < -0.3 is 10.5 Å². The van der Waals surface area contributed by atoms with Crippen LogP contribution in [0.25, 0.3) is 0 Å². The first kappa shape index (κ1) is 15.7. The van der Waals surface area contributed by atoms with Crippen LogP contribution >= 0.6 is 11.8 Å². The molecule has 1 aromatic carbocycles. The molecule has 3 nitrogen and oxygen atoms in total. The van der Waals surface area contributed by atoms with Crippen LogP contribution in [-0.4, -0.2) is 42.6 Å². The summed E-state index contributed by atoms with van der Waals surface area (Å²) < 4.78 is 5.56. The molecule has 2 unspecified atom stereocenters. The lowest BCUT2D eigenvalue weighted by Crippen LogP contribution is -2.42. The number of hydrogen-bond donors (Lipinski definition) is 1. The van der Waals surface area contributed by atoms with Crippen LogP contribution in [-0.2, 0) is 0 Å². The molecule has 1 aliphatic heterocycles. The molecule has 2 rings (SSSR count). The Kier molecular flexibility index (Phi) is 6.20. The summed E-state index contributed by atoms with van der Waals surface area (Å²) in [4.78, 5) is 2.55. The molecular formula is C16H26N2OS. The van der Waals surface area contributed by atoms with Crippen molar-refractivity contribution in [2.75, 3.05) is 31.7 Å². The van der Waals surface area contributed by atoms with Gasteiger partial charge in [-0.3, -0.25) is 4.90 Å². The first-order valence-electron chi connectivity index (χ1n) is 7.48. The van der Waals surface area contributed by atoms with E-state index in [2.05, 4.69) is 24.0 Å². The molecule has 0 amide bonds. The average Bonchev–Trinajstić information content (AvgIpc) is 2.77. The molecule has 112 valence electrons. The zero-order valence-corrected chi connectivity index (χ0v) is 13.4. The molecule has 0 radical (unpaired) electrons. The Balaban J connectivity index is 2.30. The normalized spacial score (nSPS) is 20.1. The van der Waals surface area contributed by atoms with Crippen molar-refractivity contribution < 1.29 is 4.74 Å². The monoisotopic (exact) mass is 294 g/mol. The zero-order valence-electron chi connectivity index (χ0n) is 12.5. The fourth-order valence-electron chi connectivity index (χ4n) is 2.88. The number of ether oxygens (including phenoxy) is 1. The fourth-order valence-corrected chi connectivity index (χ4v) is 3.78. The van der Waals surface area contributed by atoms with E-state index >= 15 is 0 Å². The first-order valence-corrected chi connectivity index (χ1v) is 8.63. The quantitative estimate of drug-likeness (QED) is 0.906. The van der Waals surface area contributed by atoms with Crippen LogP contribution in [0.5, 0.6) is 5.75 Å². The van der Waals surface area contributed by atoms with Gasteiger partial charge in [-0.15, -0.1) is 0 Å². The fraction of sp³-hybridized carbons (Fsp3) is 0.625. The van der Waals surface area contributed by atoms with Crippen molar-refractivity contribution in [3.05, 3.63) is 29.8 Å². The molecule has 0 aromatic heterocycles. The molecule has 1 saturated heterocycles. The second-order valence-corrected chi connectivity index (χ2v) is 6.49. The minimum atomic E-state index is 0.148. The first-order chi connectivity index (χ1) is 9.77. The van der Waals surface area contributed by atoms with Crippen molar-refractivity contribution in [3.8, 4) is 5.75 Å². The van der Waals surface area contributed by atoms with Crippen LogP contribution < -0.4 is 10.5 Å². The standard InChI is InChI=1S/C16H26N2OS/c1-3-14(17)16(18-9-6-11-20-12-10-18)13-7-4-5-8-15(13)19-2/h4-5,7-8,14,16H,3,6,9-12,17H2,1-2H3. The van der Waals surface area contributed by atoms with Gasteiger partial charge in [-0.2, -0.15) is 11.8 Å². The summed E-state index contributed by atoms with van der Waals surface area (Å²) in [5.41, 5.74) is 7.68. The Morgan fingerprint density at radius 1 is 1.30 bits per heavy atom. The Bertz CT molecular complexity index is 405. The van der Waals surface area contributed by atoms with Gasteiger partial charge >= 0.3 is 0 Å². The number of benzene rings is 1. The number of para-hydroxylation sites is 1. The Morgan fingerprint density at radius 2 is 2.10 bits per heavy atom. The third kappa shape index (κ3) is 3.68. The maximum absolute atomic E-state index is 6.45. The Labute approximate surface area is 126 Å². The highest BCUT2D eigenvalue weighted by atomic mass is 32.2. The van der Waals surface area contributed by atoms with Crippen molar-refractivity contribution in [2.24, 2.45) is 5.73 Å². The van der Waals surface area contributed by atoms with Crippen LogP contribution in [0.1, 0.15) is 31.4 Å². The van der Waals surface area contributed by atoms with Crippen molar-refractivity contribution in [2.45, 2.75) is 31.8 Å². The number of nitrogens with two attached hydrogens (primary N) is 1. The molecule has 4 heteroatoms. The van der Waals surface area contributed by atoms with E-state index in [0.717, 1.165) is 25.3 Å². The van der Waals surface area contributed by atoms with Gasteiger partial charge in [-0.1, -0.05) is 25.1 Å². The van der Waals surface area contributed by atoms with E-state index in [1.165, 1.54) is 23.5 Å². The summed E-state index contributed by atoms with van der Waals surface area (Å²) in [7, 11) is 1.74. The summed E-state index contributed by atoms with van der Waals surface area (Å²) in [5, 5.41) is 0. The lowest BCUT2D eigenvalue weighted by Gasteiger charge is -2.35. The highest BCUT2D eigenvalue weighted by molar-refractivity contribution is 7.99. The van der Waals surface area contributed by atoms with E-state index in [0.29, 0.717) is 0 Å². The molecular weight excluding hydrogens is 268 g/mol. The molecule has 1 heterocycles. The van der Waals surface area contributed by atoms with Gasteiger partial charge in [0.2, 0.25) is 0 Å². The molecule has 20 heavy (non-hydrogen) atoms. The summed E-state index contributed by atoms with van der Waals surface area (Å²) >= 11 is 2.05. The van der Waals surface area contributed by atoms with E-state index in [4.69, 9.17) is 10.5 Å². The highest BCUT2D eigenvalue weighted by Crippen LogP contribution is 2.33. The number of nitrogens with zero attached hydrogens (tertiary/aromatic N) is 1. The lowest BCUT2D eigenvalue weighted by atomic mass is 9.95. The van der Waals surface area contributed by atoms with Crippen LogP contribution in [0.2, 0.25) is 0 Å². The van der Waals surface area contributed by atoms with Crippen LogP contribution in [0.4, 0.5) is 0 Å². The molecule has 0 saturated carbocycles. The molecule has 2 atom stereocenters. The number of rotatable bonds is 5. The maximum atomic E-state index is 6.45. The largest absolute Gasteiger partial charge is 0.496 e. The van der Waals surface area contributed by atoms with Crippen LogP contribution in [0.3, 0.4) is 0 Å². The minimum Gasteiger partial charge on any atom is -0.496 e. The highest BCUT2D eigenvalue weighted by Gasteiger charge is 2.28. The predicted molar refractivity (Wildman–Crippen MR) is 87.5 cm³/mol. The Morgan fingerprint density at radius 3 is 2.85 bits per heavy atom. The molecule has 1 aromatic rings. The molecule has 1 aliphatic rings. The van der Waals surface area contributed by atoms with Crippen LogP contribution in [0.15, 0.2) is 24.3 Å². The van der Waals surface area contributed by atoms with Gasteiger partial charge in [0.25, 0.3) is 0 Å². The average molecular weight is 294 g/mol. The number of hydrogen-bond acceptors (Lipinski definition) is 4. The van der Waals surface area contributed by atoms with Gasteiger partial charge in [-0.05, 0) is 31.2 Å². The third-order valence-electron chi connectivity index (χ3n) is 3.98. The van der Waals surface area contributed by atoms with Crippen molar-refractivity contribution in [1.29, 1.82) is 0 Å². The van der Waals surface area contributed by atoms with Gasteiger partial charge in [0.05, 0.1) is 13.2 Å². The van der Waals surface area contributed by atoms with Gasteiger partial charge in [0.1, 0.15) is 5.75 Å². The topological polar surface area (TPSA) is 38.5 Å². The zero-order chi connectivity index (χ0) is 14.4. The summed E-state index contributed by atoms with van der Waals surface area (Å²) in [6, 6.07) is 8.72. The SMILES string of the molecule is CCC(N)C(c1ccccc1OC)N1CCCSCC1. The van der Waals surface area contributed by atoms with E-state index in [1.54, 1.807) is 7.11 Å². The van der Waals surface area contributed by atoms with E-state index in [-0.39, 0.29) is 12.1 Å². The van der Waals surface area contributed by atoms with Crippen molar-refractivity contribution in [1.82, 2.24) is 4.90 Å². The van der Waals surface area contributed by atoms with Crippen molar-refractivity contribution >= 4 is 11.8 Å².